The van der Waals surface area contributed by atoms with Gasteiger partial charge in [0.25, 0.3) is 5.56 Å². The van der Waals surface area contributed by atoms with Gasteiger partial charge in [0, 0.05) is 0 Å². The molecule has 4 nitrogen and oxygen atoms in total. The first-order chi connectivity index (χ1) is 3.79. The Morgan fingerprint density at radius 2 is 2.50 bits per heavy atom. The summed E-state index contributed by atoms with van der Waals surface area (Å²) in [7, 11) is 0. The molecule has 1 N–H and O–H groups in total. The van der Waals surface area contributed by atoms with E-state index in [0.29, 0.717) is 5.82 Å². The van der Waals surface area contributed by atoms with E-state index in [-0.39, 0.29) is 5.56 Å². The number of hydrogen-bond donors (Lipinski definition) is 1. The highest BCUT2D eigenvalue weighted by molar-refractivity contribution is 4.75. The maximum absolute atomic E-state index is 10.2. The molecular formula is C4H5N3O. The third-order valence-electron chi connectivity index (χ3n) is 0.697. The second kappa shape index (κ2) is 1.73. The lowest BCUT2D eigenvalue weighted by molar-refractivity contribution is 0.877. The predicted molar refractivity (Wildman–Crippen MR) is 27.4 cm³/mol. The highest BCUT2D eigenvalue weighted by Gasteiger charge is 1.81. The standard InChI is InChI=1S/C4H5N3O/c1-3-5-2-4(8)7-6-3/h2H,1H3,(H,7,8). The lowest BCUT2D eigenvalue weighted by Gasteiger charge is -1.82. The van der Waals surface area contributed by atoms with Gasteiger partial charge in [0.15, 0.2) is 0 Å². The molecule has 1 aromatic heterocycles. The summed E-state index contributed by atoms with van der Waals surface area (Å²) < 4.78 is 0. The van der Waals surface area contributed by atoms with Crippen LogP contribution in [-0.4, -0.2) is 15.2 Å². The minimum absolute atomic E-state index is 0.268. The van der Waals surface area contributed by atoms with E-state index in [4.69, 9.17) is 0 Å². The quantitative estimate of drug-likeness (QED) is 0.489. The Morgan fingerprint density at radius 1 is 1.75 bits per heavy atom. The van der Waals surface area contributed by atoms with Crippen molar-refractivity contribution in [2.45, 2.75) is 6.92 Å². The topological polar surface area (TPSA) is 58.6 Å². The summed E-state index contributed by atoms with van der Waals surface area (Å²) in [6, 6.07) is 0. The number of aryl methyl sites for hydroxylation is 1. The minimum Gasteiger partial charge on any atom is -0.266 e. The van der Waals surface area contributed by atoms with Crippen molar-refractivity contribution in [3.8, 4) is 0 Å². The highest BCUT2D eigenvalue weighted by atomic mass is 16.1. The van der Waals surface area contributed by atoms with Crippen molar-refractivity contribution in [2.24, 2.45) is 0 Å². The van der Waals surface area contributed by atoms with E-state index in [1.54, 1.807) is 6.92 Å². The zero-order valence-corrected chi connectivity index (χ0v) is 4.38. The highest BCUT2D eigenvalue weighted by Crippen LogP contribution is 1.70. The molecule has 0 amide bonds. The van der Waals surface area contributed by atoms with Gasteiger partial charge < -0.3 is 0 Å². The molecule has 1 heterocycles. The molecule has 0 aliphatic carbocycles. The Hall–Kier alpha value is -1.19. The fourth-order valence-electron chi connectivity index (χ4n) is 0.346. The SMILES string of the molecule is Cc1ncc(=O)[nH]n1. The molecule has 42 valence electrons. The zero-order chi connectivity index (χ0) is 5.98. The van der Waals surface area contributed by atoms with Crippen LogP contribution < -0.4 is 5.56 Å². The first-order valence-corrected chi connectivity index (χ1v) is 2.17. The lowest BCUT2D eigenvalue weighted by atomic mass is 10.7. The number of aromatic amines is 1. The van der Waals surface area contributed by atoms with Crippen molar-refractivity contribution in [1.29, 1.82) is 0 Å². The Morgan fingerprint density at radius 3 is 2.88 bits per heavy atom. The maximum atomic E-state index is 10.2. The minimum atomic E-state index is -0.268. The van der Waals surface area contributed by atoms with Crippen LogP contribution in [0.5, 0.6) is 0 Å². The molecule has 0 bridgehead atoms. The van der Waals surface area contributed by atoms with Gasteiger partial charge in [-0.15, -0.1) is 0 Å². The summed E-state index contributed by atoms with van der Waals surface area (Å²) in [6.45, 7) is 1.70. The first-order valence-electron chi connectivity index (χ1n) is 2.17. The van der Waals surface area contributed by atoms with Crippen molar-refractivity contribution in [3.63, 3.8) is 0 Å². The Labute approximate surface area is 45.6 Å². The summed E-state index contributed by atoms with van der Waals surface area (Å²) in [4.78, 5) is 13.9. The van der Waals surface area contributed by atoms with Gasteiger partial charge in [0.1, 0.15) is 5.82 Å². The number of aromatic nitrogens is 3. The third kappa shape index (κ3) is 0.900. The number of hydrogen-bond acceptors (Lipinski definition) is 3. The van der Waals surface area contributed by atoms with Gasteiger partial charge in [-0.3, -0.25) is 4.79 Å². The molecule has 8 heavy (non-hydrogen) atoms. The van der Waals surface area contributed by atoms with Crippen molar-refractivity contribution in [3.05, 3.63) is 22.4 Å². The largest absolute Gasteiger partial charge is 0.282 e. The van der Waals surface area contributed by atoms with E-state index >= 15 is 0 Å². The molecule has 0 aliphatic heterocycles. The van der Waals surface area contributed by atoms with E-state index in [9.17, 15) is 4.79 Å². The lowest BCUT2D eigenvalue weighted by Crippen LogP contribution is -2.08. The van der Waals surface area contributed by atoms with E-state index < -0.39 is 0 Å². The second-order valence-electron chi connectivity index (χ2n) is 1.39. The van der Waals surface area contributed by atoms with Gasteiger partial charge in [-0.05, 0) is 6.92 Å². The summed E-state index contributed by atoms with van der Waals surface area (Å²) in [5.41, 5.74) is -0.268. The van der Waals surface area contributed by atoms with Crippen LogP contribution >= 0.6 is 0 Å². The van der Waals surface area contributed by atoms with Crippen molar-refractivity contribution < 1.29 is 0 Å². The number of nitrogens with one attached hydrogen (secondary N) is 1. The van der Waals surface area contributed by atoms with Crippen LogP contribution in [0, 0.1) is 6.92 Å². The molecule has 1 rings (SSSR count). The average molecular weight is 111 g/mol. The fourth-order valence-corrected chi connectivity index (χ4v) is 0.346. The van der Waals surface area contributed by atoms with Gasteiger partial charge in [0.2, 0.25) is 0 Å². The summed E-state index contributed by atoms with van der Waals surface area (Å²) in [5, 5.41) is 5.76. The molecule has 0 unspecified atom stereocenters. The normalized spacial score (nSPS) is 9.12. The molecular weight excluding hydrogens is 106 g/mol. The number of rotatable bonds is 0. The molecule has 4 heteroatoms. The van der Waals surface area contributed by atoms with Crippen LogP contribution in [0.4, 0.5) is 0 Å². The van der Waals surface area contributed by atoms with Crippen LogP contribution in [-0.2, 0) is 0 Å². The van der Waals surface area contributed by atoms with Crippen LogP contribution in [0.25, 0.3) is 0 Å². The van der Waals surface area contributed by atoms with Crippen molar-refractivity contribution in [1.82, 2.24) is 15.2 Å². The van der Waals surface area contributed by atoms with Gasteiger partial charge >= 0.3 is 0 Å². The van der Waals surface area contributed by atoms with E-state index in [1.807, 2.05) is 0 Å². The molecule has 0 saturated heterocycles. The summed E-state index contributed by atoms with van der Waals surface area (Å²) >= 11 is 0. The molecule has 0 saturated carbocycles. The Balaban J connectivity index is 3.22. The molecule has 0 aliphatic rings. The Bertz CT molecular complexity index is 208. The van der Waals surface area contributed by atoms with Crippen molar-refractivity contribution in [2.75, 3.05) is 0 Å². The first kappa shape index (κ1) is 4.96. The number of H-pyrrole nitrogens is 1. The van der Waals surface area contributed by atoms with Crippen LogP contribution in [0.2, 0.25) is 0 Å². The fraction of sp³-hybridized carbons (Fsp3) is 0.250. The number of nitrogens with zero attached hydrogens (tertiary/aromatic N) is 2. The molecule has 0 spiro atoms. The average Bonchev–Trinajstić information content (AvgIpc) is 1.77. The summed E-state index contributed by atoms with van der Waals surface area (Å²) in [6.07, 6.45) is 1.20. The molecule has 0 aromatic carbocycles. The maximum Gasteiger partial charge on any atom is 0.282 e. The monoisotopic (exact) mass is 111 g/mol. The van der Waals surface area contributed by atoms with Crippen LogP contribution in [0.3, 0.4) is 0 Å². The van der Waals surface area contributed by atoms with Crippen LogP contribution in [0.15, 0.2) is 11.0 Å². The van der Waals surface area contributed by atoms with E-state index in [0.717, 1.165) is 0 Å². The van der Waals surface area contributed by atoms with Gasteiger partial charge in [-0.25, -0.2) is 10.1 Å². The van der Waals surface area contributed by atoms with E-state index in [1.165, 1.54) is 6.20 Å². The molecule has 0 atom stereocenters. The Kier molecular flexibility index (Phi) is 1.07. The van der Waals surface area contributed by atoms with Gasteiger partial charge in [-0.2, -0.15) is 5.10 Å². The van der Waals surface area contributed by atoms with Gasteiger partial charge in [-0.1, -0.05) is 0 Å². The van der Waals surface area contributed by atoms with E-state index in [2.05, 4.69) is 15.2 Å². The zero-order valence-electron chi connectivity index (χ0n) is 4.38. The second-order valence-corrected chi connectivity index (χ2v) is 1.39. The molecule has 0 radical (unpaired) electrons. The smallest absolute Gasteiger partial charge is 0.266 e. The van der Waals surface area contributed by atoms with Crippen molar-refractivity contribution >= 4 is 0 Å². The molecule has 0 fully saturated rings. The third-order valence-corrected chi connectivity index (χ3v) is 0.697. The van der Waals surface area contributed by atoms with Crippen LogP contribution in [0.1, 0.15) is 5.82 Å². The molecule has 1 aromatic rings. The summed E-state index contributed by atoms with van der Waals surface area (Å²) in [5.74, 6) is 0.574. The predicted octanol–water partition coefficient (Wildman–Crippen LogP) is -0.527. The van der Waals surface area contributed by atoms with Gasteiger partial charge in [0.05, 0.1) is 6.20 Å².